The van der Waals surface area contributed by atoms with Crippen LogP contribution in [0.4, 0.5) is 5.82 Å². The van der Waals surface area contributed by atoms with E-state index in [2.05, 4.69) is 32.0 Å². The smallest absolute Gasteiger partial charge is 0.159 e. The van der Waals surface area contributed by atoms with Crippen LogP contribution < -0.4 is 4.90 Å². The van der Waals surface area contributed by atoms with Gasteiger partial charge in [0.15, 0.2) is 5.82 Å². The fourth-order valence-electron chi connectivity index (χ4n) is 6.20. The molecule has 2 saturated carbocycles. The van der Waals surface area contributed by atoms with Gasteiger partial charge in [-0.15, -0.1) is 0 Å². The largest absolute Gasteiger partial charge is 0.378 e. The minimum Gasteiger partial charge on any atom is -0.378 e. The molecule has 0 amide bonds. The first kappa shape index (κ1) is 20.3. The van der Waals surface area contributed by atoms with Crippen molar-refractivity contribution in [2.75, 3.05) is 44.3 Å². The Balaban J connectivity index is 1.23. The van der Waals surface area contributed by atoms with Gasteiger partial charge in [-0.3, -0.25) is 9.88 Å². The van der Waals surface area contributed by atoms with E-state index in [0.717, 1.165) is 86.3 Å². The lowest BCUT2D eigenvalue weighted by Gasteiger charge is -2.44. The third kappa shape index (κ3) is 3.12. The molecule has 1 atom stereocenters. The van der Waals surface area contributed by atoms with Gasteiger partial charge in [0.2, 0.25) is 0 Å². The van der Waals surface area contributed by atoms with E-state index in [1.165, 1.54) is 12.8 Å². The average Bonchev–Trinajstić information content (AvgIpc) is 3.52. The molecular weight excluding hydrogens is 428 g/mol. The van der Waals surface area contributed by atoms with Crippen molar-refractivity contribution in [2.45, 2.75) is 44.1 Å². The molecule has 34 heavy (non-hydrogen) atoms. The molecule has 9 nitrogen and oxygen atoms in total. The number of morpholine rings is 1. The van der Waals surface area contributed by atoms with Crippen molar-refractivity contribution in [3.05, 3.63) is 36.0 Å². The standard InChI is InChI=1S/C25H28N8O/c1-17-29-22(32-5-4-31-6-7-34-13-19(31)12-32)9-23(30-17)33-20-8-21(27-10-18(20)11-28-33)25(16-26)14-24(15-25)2-3-24/h8-11,19H,2-7,12-15H2,1H3/t19-/m0/s1. The van der Waals surface area contributed by atoms with Gasteiger partial charge in [-0.1, -0.05) is 0 Å². The Morgan fingerprint density at radius 1 is 1.09 bits per heavy atom. The minimum absolute atomic E-state index is 0.403. The molecule has 3 aromatic rings. The summed E-state index contributed by atoms with van der Waals surface area (Å²) in [4.78, 5) is 19.0. The molecule has 174 valence electrons. The van der Waals surface area contributed by atoms with Crippen LogP contribution in [0.15, 0.2) is 24.5 Å². The summed E-state index contributed by atoms with van der Waals surface area (Å²) in [5.74, 6) is 2.39. The zero-order chi connectivity index (χ0) is 22.9. The highest BCUT2D eigenvalue weighted by molar-refractivity contribution is 5.80. The Bertz CT molecular complexity index is 1310. The zero-order valence-corrected chi connectivity index (χ0v) is 19.4. The molecule has 0 bridgehead atoms. The zero-order valence-electron chi connectivity index (χ0n) is 19.4. The topological polar surface area (TPSA) is 96.0 Å². The Morgan fingerprint density at radius 2 is 1.94 bits per heavy atom. The summed E-state index contributed by atoms with van der Waals surface area (Å²) >= 11 is 0. The first-order valence-electron chi connectivity index (χ1n) is 12.2. The van der Waals surface area contributed by atoms with Crippen molar-refractivity contribution in [3.8, 4) is 11.9 Å². The number of hydrogen-bond acceptors (Lipinski definition) is 8. The first-order chi connectivity index (χ1) is 16.6. The molecule has 2 aliphatic heterocycles. The number of rotatable bonds is 3. The highest BCUT2D eigenvalue weighted by Crippen LogP contribution is 2.68. The number of nitrogens with zero attached hydrogens (tertiary/aromatic N) is 8. The Kier molecular flexibility index (Phi) is 4.30. The molecule has 0 unspecified atom stereocenters. The molecule has 2 saturated heterocycles. The van der Waals surface area contributed by atoms with Crippen molar-refractivity contribution < 1.29 is 4.74 Å². The second-order valence-corrected chi connectivity index (χ2v) is 10.6. The van der Waals surface area contributed by atoms with Crippen LogP contribution in [-0.4, -0.2) is 75.1 Å². The molecule has 1 spiro atoms. The number of aryl methyl sites for hydroxylation is 1. The van der Waals surface area contributed by atoms with Crippen LogP contribution in [-0.2, 0) is 10.2 Å². The van der Waals surface area contributed by atoms with E-state index in [-0.39, 0.29) is 0 Å². The maximum absolute atomic E-state index is 10.0. The molecule has 2 aliphatic carbocycles. The number of nitriles is 1. The molecule has 4 fully saturated rings. The average molecular weight is 457 g/mol. The summed E-state index contributed by atoms with van der Waals surface area (Å²) in [5, 5.41) is 15.6. The molecule has 0 N–H and O–H groups in total. The Morgan fingerprint density at radius 3 is 2.76 bits per heavy atom. The summed E-state index contributed by atoms with van der Waals surface area (Å²) in [6.45, 7) is 7.39. The molecule has 0 aromatic carbocycles. The van der Waals surface area contributed by atoms with Gasteiger partial charge in [0.25, 0.3) is 0 Å². The van der Waals surface area contributed by atoms with Crippen molar-refractivity contribution in [1.82, 2.24) is 29.6 Å². The number of hydrogen-bond donors (Lipinski definition) is 0. The van der Waals surface area contributed by atoms with Crippen LogP contribution in [0.5, 0.6) is 0 Å². The van der Waals surface area contributed by atoms with E-state index in [0.29, 0.717) is 11.5 Å². The molecule has 0 radical (unpaired) electrons. The van der Waals surface area contributed by atoms with Gasteiger partial charge >= 0.3 is 0 Å². The van der Waals surface area contributed by atoms with Gasteiger partial charge in [-0.25, -0.2) is 14.6 Å². The van der Waals surface area contributed by atoms with E-state index in [1.807, 2.05) is 30.1 Å². The lowest BCUT2D eigenvalue weighted by molar-refractivity contribution is -0.0117. The lowest BCUT2D eigenvalue weighted by Crippen LogP contribution is -2.58. The van der Waals surface area contributed by atoms with Crippen molar-refractivity contribution >= 4 is 16.7 Å². The van der Waals surface area contributed by atoms with Gasteiger partial charge in [-0.2, -0.15) is 10.4 Å². The normalized spacial score (nSPS) is 25.1. The van der Waals surface area contributed by atoms with Crippen LogP contribution in [0.1, 0.15) is 37.2 Å². The van der Waals surface area contributed by atoms with E-state index in [4.69, 9.17) is 14.7 Å². The first-order valence-corrected chi connectivity index (χ1v) is 12.2. The third-order valence-corrected chi connectivity index (χ3v) is 8.26. The second-order valence-electron chi connectivity index (χ2n) is 10.6. The molecule has 3 aromatic heterocycles. The van der Waals surface area contributed by atoms with E-state index in [9.17, 15) is 5.26 Å². The lowest BCUT2D eigenvalue weighted by atomic mass is 9.58. The maximum Gasteiger partial charge on any atom is 0.159 e. The number of fused-ring (bicyclic) bond motifs is 2. The molecule has 4 aliphatic rings. The summed E-state index contributed by atoms with van der Waals surface area (Å²) in [6, 6.07) is 7.07. The van der Waals surface area contributed by atoms with Crippen LogP contribution in [0.3, 0.4) is 0 Å². The molecular formula is C25H28N8O. The number of aromatic nitrogens is 5. The van der Waals surface area contributed by atoms with E-state index in [1.54, 1.807) is 0 Å². The predicted molar refractivity (Wildman–Crippen MR) is 126 cm³/mol. The molecule has 5 heterocycles. The van der Waals surface area contributed by atoms with Crippen LogP contribution in [0.25, 0.3) is 16.7 Å². The van der Waals surface area contributed by atoms with Gasteiger partial charge in [-0.05, 0) is 44.1 Å². The summed E-state index contributed by atoms with van der Waals surface area (Å²) in [5.41, 5.74) is 1.75. The van der Waals surface area contributed by atoms with E-state index < -0.39 is 5.41 Å². The fourth-order valence-corrected chi connectivity index (χ4v) is 6.20. The SMILES string of the molecule is Cc1nc(N2CCN3CCOC[C@@H]3C2)cc(-n2ncc3cnc(C4(C#N)CC5(CC5)C4)cc32)n1. The third-order valence-electron chi connectivity index (χ3n) is 8.26. The number of piperazine rings is 1. The number of ether oxygens (including phenoxy) is 1. The fraction of sp³-hybridized carbons (Fsp3) is 0.560. The van der Waals surface area contributed by atoms with Crippen LogP contribution >= 0.6 is 0 Å². The summed E-state index contributed by atoms with van der Waals surface area (Å²) < 4.78 is 7.58. The Hall–Kier alpha value is -3.09. The summed E-state index contributed by atoms with van der Waals surface area (Å²) in [6.07, 6.45) is 8.03. The maximum atomic E-state index is 10.0. The highest BCUT2D eigenvalue weighted by Gasteiger charge is 2.62. The van der Waals surface area contributed by atoms with Gasteiger partial charge in [0.05, 0.1) is 42.7 Å². The van der Waals surface area contributed by atoms with Crippen molar-refractivity contribution in [1.29, 1.82) is 5.26 Å². The number of anilines is 1. The number of pyridine rings is 1. The van der Waals surface area contributed by atoms with Gasteiger partial charge < -0.3 is 9.64 Å². The van der Waals surface area contributed by atoms with Crippen molar-refractivity contribution in [3.63, 3.8) is 0 Å². The quantitative estimate of drug-likeness (QED) is 0.593. The molecule has 7 rings (SSSR count). The van der Waals surface area contributed by atoms with Crippen molar-refractivity contribution in [2.24, 2.45) is 5.41 Å². The van der Waals surface area contributed by atoms with Gasteiger partial charge in [0, 0.05) is 43.8 Å². The minimum atomic E-state index is -0.464. The van der Waals surface area contributed by atoms with Crippen LogP contribution in [0, 0.1) is 23.7 Å². The highest BCUT2D eigenvalue weighted by atomic mass is 16.5. The van der Waals surface area contributed by atoms with Gasteiger partial charge in [0.1, 0.15) is 17.1 Å². The predicted octanol–water partition coefficient (Wildman–Crippen LogP) is 2.38. The molecule has 9 heteroatoms. The Labute approximate surface area is 198 Å². The second kappa shape index (κ2) is 7.20. The monoisotopic (exact) mass is 456 g/mol. The van der Waals surface area contributed by atoms with Crippen LogP contribution in [0.2, 0.25) is 0 Å². The summed E-state index contributed by atoms with van der Waals surface area (Å²) in [7, 11) is 0. The van der Waals surface area contributed by atoms with E-state index >= 15 is 0 Å².